The number of H-pyrrole nitrogens is 1. The molecule has 0 saturated heterocycles. The van der Waals surface area contributed by atoms with E-state index in [4.69, 9.17) is 0 Å². The van der Waals surface area contributed by atoms with Crippen LogP contribution < -0.4 is 5.56 Å². The Labute approximate surface area is 94.7 Å². The third-order valence-electron chi connectivity index (χ3n) is 3.58. The zero-order chi connectivity index (χ0) is 11.1. The van der Waals surface area contributed by atoms with Gasteiger partial charge in [-0.2, -0.15) is 0 Å². The molecule has 1 aromatic rings. The Kier molecular flexibility index (Phi) is 2.32. The van der Waals surface area contributed by atoms with E-state index in [1.807, 2.05) is 0 Å². The van der Waals surface area contributed by atoms with Crippen LogP contribution in [0.5, 0.6) is 0 Å². The van der Waals surface area contributed by atoms with Crippen LogP contribution in [-0.2, 0) is 13.0 Å². The summed E-state index contributed by atoms with van der Waals surface area (Å²) in [4.78, 5) is 21.8. The quantitative estimate of drug-likeness (QED) is 0.808. The molecule has 4 nitrogen and oxygen atoms in total. The van der Waals surface area contributed by atoms with Gasteiger partial charge in [-0.15, -0.1) is 0 Å². The monoisotopic (exact) mass is 219 g/mol. The van der Waals surface area contributed by atoms with E-state index in [0.29, 0.717) is 5.92 Å². The molecule has 0 radical (unpaired) electrons. The van der Waals surface area contributed by atoms with Gasteiger partial charge in [0.15, 0.2) is 0 Å². The minimum atomic E-state index is 0.0997. The first kappa shape index (κ1) is 10.0. The van der Waals surface area contributed by atoms with Crippen molar-refractivity contribution in [3.8, 4) is 0 Å². The van der Waals surface area contributed by atoms with Gasteiger partial charge in [0.25, 0.3) is 5.56 Å². The maximum atomic E-state index is 11.9. The average molecular weight is 219 g/mol. The first-order valence-corrected chi connectivity index (χ1v) is 6.12. The Morgan fingerprint density at radius 2 is 2.31 bits per heavy atom. The van der Waals surface area contributed by atoms with Crippen molar-refractivity contribution in [2.45, 2.75) is 38.6 Å². The van der Waals surface area contributed by atoms with Crippen LogP contribution >= 0.6 is 0 Å². The van der Waals surface area contributed by atoms with Gasteiger partial charge >= 0.3 is 0 Å². The average Bonchev–Trinajstić information content (AvgIpc) is 3.12. The molecule has 1 aliphatic heterocycles. The molecule has 0 atom stereocenters. The van der Waals surface area contributed by atoms with Crippen molar-refractivity contribution >= 4 is 0 Å². The summed E-state index contributed by atoms with van der Waals surface area (Å²) < 4.78 is 0. The van der Waals surface area contributed by atoms with Crippen molar-refractivity contribution in [1.82, 2.24) is 14.9 Å². The van der Waals surface area contributed by atoms with E-state index in [1.54, 1.807) is 0 Å². The van der Waals surface area contributed by atoms with Crippen LogP contribution in [-0.4, -0.2) is 28.0 Å². The standard InChI is InChI=1S/C12H17N3O/c1-2-15-6-5-9-10(7-15)13-11(8-3-4-8)14-12(9)16/h8H,2-7H2,1H3,(H,13,14,16). The highest BCUT2D eigenvalue weighted by molar-refractivity contribution is 5.22. The lowest BCUT2D eigenvalue weighted by Crippen LogP contribution is -2.35. The van der Waals surface area contributed by atoms with Crippen LogP contribution in [0.25, 0.3) is 0 Å². The maximum Gasteiger partial charge on any atom is 0.254 e. The highest BCUT2D eigenvalue weighted by atomic mass is 16.1. The van der Waals surface area contributed by atoms with Crippen LogP contribution in [0.1, 0.15) is 42.8 Å². The molecule has 1 aliphatic carbocycles. The Balaban J connectivity index is 2.00. The second-order valence-corrected chi connectivity index (χ2v) is 4.77. The summed E-state index contributed by atoms with van der Waals surface area (Å²) in [7, 11) is 0. The summed E-state index contributed by atoms with van der Waals surface area (Å²) >= 11 is 0. The Hall–Kier alpha value is -1.16. The fourth-order valence-corrected chi connectivity index (χ4v) is 2.33. The molecule has 2 heterocycles. The number of nitrogens with zero attached hydrogens (tertiary/aromatic N) is 2. The van der Waals surface area contributed by atoms with Crippen LogP contribution in [0, 0.1) is 0 Å². The summed E-state index contributed by atoms with van der Waals surface area (Å²) in [5.74, 6) is 1.44. The van der Waals surface area contributed by atoms with E-state index in [-0.39, 0.29) is 5.56 Å². The number of aromatic nitrogens is 2. The lowest BCUT2D eigenvalue weighted by Gasteiger charge is -2.26. The van der Waals surface area contributed by atoms with E-state index in [2.05, 4.69) is 21.8 Å². The second-order valence-electron chi connectivity index (χ2n) is 4.77. The van der Waals surface area contributed by atoms with Gasteiger partial charge in [-0.05, 0) is 25.8 Å². The van der Waals surface area contributed by atoms with Gasteiger partial charge in [0, 0.05) is 24.6 Å². The van der Waals surface area contributed by atoms with Crippen LogP contribution in [0.3, 0.4) is 0 Å². The molecule has 86 valence electrons. The van der Waals surface area contributed by atoms with Gasteiger partial charge in [-0.1, -0.05) is 6.92 Å². The van der Waals surface area contributed by atoms with E-state index in [1.165, 1.54) is 12.8 Å². The lowest BCUT2D eigenvalue weighted by atomic mass is 10.1. The maximum absolute atomic E-state index is 11.9. The molecule has 0 amide bonds. The minimum Gasteiger partial charge on any atom is -0.310 e. The summed E-state index contributed by atoms with van der Waals surface area (Å²) in [6, 6.07) is 0. The Morgan fingerprint density at radius 3 is 3.00 bits per heavy atom. The molecular weight excluding hydrogens is 202 g/mol. The number of hydrogen-bond acceptors (Lipinski definition) is 3. The summed E-state index contributed by atoms with van der Waals surface area (Å²) in [5, 5.41) is 0. The van der Waals surface area contributed by atoms with Gasteiger partial charge in [0.1, 0.15) is 5.82 Å². The smallest absolute Gasteiger partial charge is 0.254 e. The Bertz CT molecular complexity index is 462. The van der Waals surface area contributed by atoms with E-state index < -0.39 is 0 Å². The fourth-order valence-electron chi connectivity index (χ4n) is 2.33. The van der Waals surface area contributed by atoms with Crippen molar-refractivity contribution in [2.24, 2.45) is 0 Å². The van der Waals surface area contributed by atoms with Crippen LogP contribution in [0.4, 0.5) is 0 Å². The van der Waals surface area contributed by atoms with Crippen molar-refractivity contribution in [2.75, 3.05) is 13.1 Å². The molecule has 2 aliphatic rings. The third kappa shape index (κ3) is 1.67. The van der Waals surface area contributed by atoms with Gasteiger partial charge in [0.2, 0.25) is 0 Å². The number of fused-ring (bicyclic) bond motifs is 1. The van der Waals surface area contributed by atoms with Crippen molar-refractivity contribution in [1.29, 1.82) is 0 Å². The molecule has 16 heavy (non-hydrogen) atoms. The molecular formula is C12H17N3O. The van der Waals surface area contributed by atoms with Gasteiger partial charge in [0.05, 0.1) is 5.69 Å². The predicted molar refractivity (Wildman–Crippen MR) is 61.5 cm³/mol. The highest BCUT2D eigenvalue weighted by Crippen LogP contribution is 2.37. The SMILES string of the molecule is CCN1CCc2c(nc(C3CC3)[nH]c2=O)C1. The molecule has 3 rings (SSSR count). The molecule has 0 unspecified atom stereocenters. The highest BCUT2D eigenvalue weighted by Gasteiger charge is 2.28. The summed E-state index contributed by atoms with van der Waals surface area (Å²) in [6.07, 6.45) is 3.20. The van der Waals surface area contributed by atoms with E-state index in [9.17, 15) is 4.79 Å². The molecule has 1 N–H and O–H groups in total. The number of rotatable bonds is 2. The predicted octanol–water partition coefficient (Wildman–Crippen LogP) is 1.03. The number of hydrogen-bond donors (Lipinski definition) is 1. The number of aromatic amines is 1. The normalized spacial score (nSPS) is 20.8. The molecule has 1 saturated carbocycles. The van der Waals surface area contributed by atoms with Crippen molar-refractivity contribution < 1.29 is 0 Å². The molecule has 0 bridgehead atoms. The first-order chi connectivity index (χ1) is 7.78. The number of nitrogens with one attached hydrogen (secondary N) is 1. The number of likely N-dealkylation sites (N-methyl/N-ethyl adjacent to an activating group) is 1. The van der Waals surface area contributed by atoms with Crippen LogP contribution in [0.15, 0.2) is 4.79 Å². The summed E-state index contributed by atoms with van der Waals surface area (Å²) in [6.45, 7) is 5.01. The molecule has 1 fully saturated rings. The van der Waals surface area contributed by atoms with Gasteiger partial charge in [-0.3, -0.25) is 9.69 Å². The lowest BCUT2D eigenvalue weighted by molar-refractivity contribution is 0.262. The summed E-state index contributed by atoms with van der Waals surface area (Å²) in [5.41, 5.74) is 2.02. The first-order valence-electron chi connectivity index (χ1n) is 6.12. The molecule has 0 spiro atoms. The molecule has 1 aromatic heterocycles. The van der Waals surface area contributed by atoms with Gasteiger partial charge in [-0.25, -0.2) is 4.98 Å². The topological polar surface area (TPSA) is 49.0 Å². The minimum absolute atomic E-state index is 0.0997. The largest absolute Gasteiger partial charge is 0.310 e. The zero-order valence-corrected chi connectivity index (χ0v) is 9.62. The fraction of sp³-hybridized carbons (Fsp3) is 0.667. The second kappa shape index (κ2) is 3.70. The van der Waals surface area contributed by atoms with E-state index >= 15 is 0 Å². The Morgan fingerprint density at radius 1 is 1.50 bits per heavy atom. The zero-order valence-electron chi connectivity index (χ0n) is 9.62. The molecule has 4 heteroatoms. The van der Waals surface area contributed by atoms with Crippen LogP contribution in [0.2, 0.25) is 0 Å². The van der Waals surface area contributed by atoms with Crippen molar-refractivity contribution in [3.63, 3.8) is 0 Å². The van der Waals surface area contributed by atoms with E-state index in [0.717, 1.165) is 43.1 Å². The van der Waals surface area contributed by atoms with Crippen molar-refractivity contribution in [3.05, 3.63) is 27.4 Å². The van der Waals surface area contributed by atoms with Gasteiger partial charge < -0.3 is 4.98 Å². The molecule has 0 aromatic carbocycles. The third-order valence-corrected chi connectivity index (χ3v) is 3.58.